The van der Waals surface area contributed by atoms with Crippen molar-refractivity contribution in [3.05, 3.63) is 35.6 Å². The molecule has 1 aromatic rings. The number of amides is 1. The van der Waals surface area contributed by atoms with Crippen molar-refractivity contribution < 1.29 is 9.18 Å². The predicted octanol–water partition coefficient (Wildman–Crippen LogP) is 4.57. The number of thioether (sulfide) groups is 1. The fourth-order valence-corrected chi connectivity index (χ4v) is 5.04. The quantitative estimate of drug-likeness (QED) is 0.725. The van der Waals surface area contributed by atoms with Gasteiger partial charge < -0.3 is 0 Å². The van der Waals surface area contributed by atoms with Crippen LogP contribution in [0.4, 0.5) is 4.39 Å². The summed E-state index contributed by atoms with van der Waals surface area (Å²) in [5.74, 6) is 0.629. The van der Waals surface area contributed by atoms with E-state index in [1.807, 2.05) is 0 Å². The number of hydrogen-bond donors (Lipinski definition) is 0. The van der Waals surface area contributed by atoms with E-state index in [1.165, 1.54) is 56.0 Å². The summed E-state index contributed by atoms with van der Waals surface area (Å²) in [4.78, 5) is 14.4. The van der Waals surface area contributed by atoms with E-state index in [1.54, 1.807) is 17.0 Å². The lowest BCUT2D eigenvalue weighted by atomic mass is 9.87. The van der Waals surface area contributed by atoms with Crippen LogP contribution in [-0.2, 0) is 11.2 Å². The molecule has 0 aromatic heterocycles. The summed E-state index contributed by atoms with van der Waals surface area (Å²) < 4.78 is 13.7. The molecule has 5 heteroatoms. The van der Waals surface area contributed by atoms with Crippen LogP contribution in [0, 0.1) is 11.7 Å². The summed E-state index contributed by atoms with van der Waals surface area (Å²) >= 11 is 6.89. The minimum absolute atomic E-state index is 0.125. The van der Waals surface area contributed by atoms with Crippen molar-refractivity contribution in [1.82, 2.24) is 4.90 Å². The average Bonchev–Trinajstić information content (AvgIpc) is 2.82. The normalized spacial score (nSPS) is 22.8. The van der Waals surface area contributed by atoms with Crippen LogP contribution in [0.15, 0.2) is 24.3 Å². The Kier molecular flexibility index (Phi) is 5.70. The van der Waals surface area contributed by atoms with Crippen molar-refractivity contribution in [2.45, 2.75) is 50.2 Å². The zero-order chi connectivity index (χ0) is 16.2. The molecular formula is C18H22FNOS2. The Morgan fingerprint density at radius 2 is 1.87 bits per heavy atom. The van der Waals surface area contributed by atoms with Crippen molar-refractivity contribution in [3.8, 4) is 0 Å². The molecule has 1 amide bonds. The number of nitrogens with zero attached hydrogens (tertiary/aromatic N) is 1. The third-order valence-electron chi connectivity index (χ3n) is 4.82. The number of carbonyl (C=O) groups excluding carboxylic acids is 1. The Morgan fingerprint density at radius 1 is 1.17 bits per heavy atom. The monoisotopic (exact) mass is 351 g/mol. The van der Waals surface area contributed by atoms with Crippen molar-refractivity contribution >= 4 is 34.2 Å². The van der Waals surface area contributed by atoms with Crippen LogP contribution in [0.5, 0.6) is 0 Å². The topological polar surface area (TPSA) is 20.3 Å². The van der Waals surface area contributed by atoms with Crippen LogP contribution in [0.25, 0.3) is 0 Å². The SMILES string of the molecule is O=C1[C@H](Cc2ccc(F)cc2)SC(=S)N1CCC1CCCCC1. The van der Waals surface area contributed by atoms with E-state index < -0.39 is 0 Å². The molecule has 124 valence electrons. The summed E-state index contributed by atoms with van der Waals surface area (Å²) in [5, 5.41) is -0.153. The maximum absolute atomic E-state index is 13.0. The van der Waals surface area contributed by atoms with Crippen LogP contribution in [0.2, 0.25) is 0 Å². The van der Waals surface area contributed by atoms with Crippen LogP contribution in [0.1, 0.15) is 44.1 Å². The molecule has 0 radical (unpaired) electrons. The highest BCUT2D eigenvalue weighted by molar-refractivity contribution is 8.24. The first-order valence-corrected chi connectivity index (χ1v) is 9.68. The Labute approximate surface area is 146 Å². The van der Waals surface area contributed by atoms with Gasteiger partial charge in [0.05, 0.1) is 5.25 Å². The maximum Gasteiger partial charge on any atom is 0.241 e. The van der Waals surface area contributed by atoms with Crippen molar-refractivity contribution in [2.75, 3.05) is 6.54 Å². The van der Waals surface area contributed by atoms with Gasteiger partial charge in [-0.25, -0.2) is 4.39 Å². The molecule has 0 bridgehead atoms. The van der Waals surface area contributed by atoms with Gasteiger partial charge in [-0.3, -0.25) is 9.69 Å². The molecule has 2 aliphatic rings. The fraction of sp³-hybridized carbons (Fsp3) is 0.556. The highest BCUT2D eigenvalue weighted by Crippen LogP contribution is 2.32. The van der Waals surface area contributed by atoms with Crippen molar-refractivity contribution in [2.24, 2.45) is 5.92 Å². The third kappa shape index (κ3) is 4.32. The Balaban J connectivity index is 1.55. The lowest BCUT2D eigenvalue weighted by molar-refractivity contribution is -0.126. The fourth-order valence-electron chi connectivity index (χ4n) is 3.45. The van der Waals surface area contributed by atoms with Gasteiger partial charge in [-0.15, -0.1) is 0 Å². The minimum atomic E-state index is -0.246. The highest BCUT2D eigenvalue weighted by Gasteiger charge is 2.36. The molecule has 0 unspecified atom stereocenters. The van der Waals surface area contributed by atoms with Gasteiger partial charge in [0.25, 0.3) is 0 Å². The zero-order valence-corrected chi connectivity index (χ0v) is 14.8. The van der Waals surface area contributed by atoms with E-state index in [4.69, 9.17) is 12.2 Å². The van der Waals surface area contributed by atoms with Crippen LogP contribution >= 0.6 is 24.0 Å². The summed E-state index contributed by atoms with van der Waals surface area (Å²) in [6.07, 6.45) is 8.27. The average molecular weight is 352 g/mol. The minimum Gasteiger partial charge on any atom is -0.297 e. The molecule has 0 spiro atoms. The third-order valence-corrected chi connectivity index (χ3v) is 6.41. The van der Waals surface area contributed by atoms with Gasteiger partial charge in [0.15, 0.2) is 0 Å². The molecule has 0 N–H and O–H groups in total. The van der Waals surface area contributed by atoms with E-state index in [0.29, 0.717) is 10.7 Å². The molecule has 1 atom stereocenters. The number of rotatable bonds is 5. The van der Waals surface area contributed by atoms with Gasteiger partial charge in [-0.05, 0) is 36.5 Å². The molecule has 1 saturated heterocycles. The van der Waals surface area contributed by atoms with E-state index in [9.17, 15) is 9.18 Å². The summed E-state index contributed by atoms with van der Waals surface area (Å²) in [6.45, 7) is 0.759. The summed E-state index contributed by atoms with van der Waals surface area (Å²) in [6, 6.07) is 6.38. The number of benzene rings is 1. The van der Waals surface area contributed by atoms with Crippen LogP contribution in [-0.4, -0.2) is 26.9 Å². The second-order valence-electron chi connectivity index (χ2n) is 6.49. The van der Waals surface area contributed by atoms with E-state index in [-0.39, 0.29) is 17.0 Å². The second kappa shape index (κ2) is 7.75. The lowest BCUT2D eigenvalue weighted by Gasteiger charge is -2.24. The second-order valence-corrected chi connectivity index (χ2v) is 8.32. The first-order chi connectivity index (χ1) is 11.1. The largest absolute Gasteiger partial charge is 0.297 e. The van der Waals surface area contributed by atoms with Crippen LogP contribution < -0.4 is 0 Å². The van der Waals surface area contributed by atoms with Gasteiger partial charge in [0, 0.05) is 6.54 Å². The Hall–Kier alpha value is -0.940. The van der Waals surface area contributed by atoms with Crippen LogP contribution in [0.3, 0.4) is 0 Å². The van der Waals surface area contributed by atoms with Gasteiger partial charge >= 0.3 is 0 Å². The van der Waals surface area contributed by atoms with Gasteiger partial charge in [0.2, 0.25) is 5.91 Å². The zero-order valence-electron chi connectivity index (χ0n) is 13.2. The predicted molar refractivity (Wildman–Crippen MR) is 97.0 cm³/mol. The van der Waals surface area contributed by atoms with Gasteiger partial charge in [-0.2, -0.15) is 0 Å². The number of carbonyl (C=O) groups is 1. The molecule has 1 heterocycles. The molecule has 2 fully saturated rings. The summed E-state index contributed by atoms with van der Waals surface area (Å²) in [7, 11) is 0. The van der Waals surface area contributed by atoms with Gasteiger partial charge in [0.1, 0.15) is 10.1 Å². The Bertz CT molecular complexity index is 569. The van der Waals surface area contributed by atoms with E-state index in [2.05, 4.69) is 0 Å². The van der Waals surface area contributed by atoms with Gasteiger partial charge in [-0.1, -0.05) is 68.2 Å². The van der Waals surface area contributed by atoms with E-state index >= 15 is 0 Å². The summed E-state index contributed by atoms with van der Waals surface area (Å²) in [5.41, 5.74) is 0.981. The van der Waals surface area contributed by atoms with E-state index in [0.717, 1.165) is 24.4 Å². The first-order valence-electron chi connectivity index (χ1n) is 8.40. The van der Waals surface area contributed by atoms with Crippen molar-refractivity contribution in [3.63, 3.8) is 0 Å². The molecule has 1 aromatic carbocycles. The standard InChI is InChI=1S/C18H22FNOS2/c19-15-8-6-14(7-9-15)12-16-17(21)20(18(22)23-16)11-10-13-4-2-1-3-5-13/h6-9,13,16H,1-5,10-12H2/t16-/m0/s1. The molecular weight excluding hydrogens is 329 g/mol. The molecule has 2 nitrogen and oxygen atoms in total. The molecule has 3 rings (SSSR count). The number of thiocarbonyl (C=S) groups is 1. The Morgan fingerprint density at radius 3 is 2.57 bits per heavy atom. The number of halogens is 1. The molecule has 23 heavy (non-hydrogen) atoms. The maximum atomic E-state index is 13.0. The molecule has 1 aliphatic carbocycles. The first kappa shape index (κ1) is 16.9. The van der Waals surface area contributed by atoms with Crippen molar-refractivity contribution in [1.29, 1.82) is 0 Å². The smallest absolute Gasteiger partial charge is 0.241 e. The lowest BCUT2D eigenvalue weighted by Crippen LogP contribution is -2.34. The number of hydrogen-bond acceptors (Lipinski definition) is 3. The molecule has 1 aliphatic heterocycles. The highest BCUT2D eigenvalue weighted by atomic mass is 32.2. The molecule has 1 saturated carbocycles.